The third-order valence-electron chi connectivity index (χ3n) is 4.58. The second-order valence-electron chi connectivity index (χ2n) is 7.82. The average Bonchev–Trinajstić information content (AvgIpc) is 2.74. The van der Waals surface area contributed by atoms with Crippen LogP contribution in [0.25, 0.3) is 0 Å². The highest BCUT2D eigenvalue weighted by Crippen LogP contribution is 2.36. The molecule has 2 N–H and O–H groups in total. The van der Waals surface area contributed by atoms with E-state index in [1.165, 1.54) is 25.5 Å². The van der Waals surface area contributed by atoms with E-state index in [0.717, 1.165) is 5.56 Å². The number of nitrogens with one attached hydrogen (secondary N) is 2. The first-order chi connectivity index (χ1) is 15.6. The molecule has 0 aromatic heterocycles. The molecule has 0 aliphatic carbocycles. The van der Waals surface area contributed by atoms with E-state index >= 15 is 0 Å². The highest BCUT2D eigenvalue weighted by atomic mass is 79.9. The summed E-state index contributed by atoms with van der Waals surface area (Å²) in [5, 5.41) is 4.00. The zero-order chi connectivity index (χ0) is 24.6. The highest BCUT2D eigenvalue weighted by molar-refractivity contribution is 9.10. The minimum absolute atomic E-state index is 0.0803. The first-order valence-electron chi connectivity index (χ1n) is 10.5. The van der Waals surface area contributed by atoms with Crippen LogP contribution in [0.3, 0.4) is 0 Å². The van der Waals surface area contributed by atoms with Crippen LogP contribution in [0.4, 0.5) is 0 Å². The van der Waals surface area contributed by atoms with Crippen molar-refractivity contribution in [3.8, 4) is 11.5 Å². The van der Waals surface area contributed by atoms with Crippen molar-refractivity contribution in [2.24, 2.45) is 11.0 Å². The molecule has 2 aromatic carbocycles. The summed E-state index contributed by atoms with van der Waals surface area (Å²) in [5.74, 6) is 0.621. The summed E-state index contributed by atoms with van der Waals surface area (Å²) in [7, 11) is -2.34. The van der Waals surface area contributed by atoms with E-state index < -0.39 is 22.0 Å². The summed E-state index contributed by atoms with van der Waals surface area (Å²) >= 11 is 3.44. The molecule has 8 nitrogen and oxygen atoms in total. The largest absolute Gasteiger partial charge is 0.493 e. The number of methoxy groups -OCH3 is 1. The van der Waals surface area contributed by atoms with Crippen LogP contribution >= 0.6 is 15.9 Å². The molecule has 1 atom stereocenters. The Bertz CT molecular complexity index is 1090. The molecule has 0 heterocycles. The van der Waals surface area contributed by atoms with Crippen molar-refractivity contribution in [2.75, 3.05) is 13.7 Å². The number of ether oxygens (including phenoxy) is 2. The van der Waals surface area contributed by atoms with Gasteiger partial charge in [0.2, 0.25) is 10.0 Å². The zero-order valence-corrected chi connectivity index (χ0v) is 21.8. The molecule has 180 valence electrons. The number of benzene rings is 2. The Kier molecular flexibility index (Phi) is 9.87. The van der Waals surface area contributed by atoms with Crippen LogP contribution in [-0.2, 0) is 14.8 Å². The molecule has 0 fully saturated rings. The summed E-state index contributed by atoms with van der Waals surface area (Å²) in [5.41, 5.74) is 4.03. The number of hydrazone groups is 1. The number of rotatable bonds is 11. The number of aryl methyl sites for hydroxylation is 1. The summed E-state index contributed by atoms with van der Waals surface area (Å²) in [6.45, 7) is 8.04. The zero-order valence-electron chi connectivity index (χ0n) is 19.4. The quantitative estimate of drug-likeness (QED) is 0.331. The van der Waals surface area contributed by atoms with Gasteiger partial charge in [0.05, 0.1) is 29.3 Å². The van der Waals surface area contributed by atoms with Gasteiger partial charge >= 0.3 is 0 Å². The first-order valence-corrected chi connectivity index (χ1v) is 12.8. The third-order valence-corrected chi connectivity index (χ3v) is 6.66. The molecule has 1 amide bonds. The van der Waals surface area contributed by atoms with Gasteiger partial charge in [0, 0.05) is 0 Å². The van der Waals surface area contributed by atoms with Gasteiger partial charge in [-0.3, -0.25) is 4.79 Å². The molecule has 0 saturated carbocycles. The Morgan fingerprint density at radius 3 is 2.45 bits per heavy atom. The fraction of sp³-hybridized carbons (Fsp3) is 0.391. The Balaban J connectivity index is 2.16. The van der Waals surface area contributed by atoms with Gasteiger partial charge in [-0.1, -0.05) is 31.5 Å². The van der Waals surface area contributed by atoms with Gasteiger partial charge in [0.25, 0.3) is 5.91 Å². The molecule has 0 saturated heterocycles. The first kappa shape index (κ1) is 26.8. The maximum absolute atomic E-state index is 12.8. The van der Waals surface area contributed by atoms with Crippen molar-refractivity contribution in [3.05, 3.63) is 52.0 Å². The second-order valence-corrected chi connectivity index (χ2v) is 10.4. The van der Waals surface area contributed by atoms with Crippen molar-refractivity contribution in [3.63, 3.8) is 0 Å². The molecular weight excluding hydrogens is 510 g/mol. The molecular formula is C23H30BrN3O5S. The third kappa shape index (κ3) is 7.83. The minimum atomic E-state index is -3.87. The van der Waals surface area contributed by atoms with Crippen molar-refractivity contribution >= 4 is 38.1 Å². The maximum Gasteiger partial charge on any atom is 0.258 e. The van der Waals surface area contributed by atoms with Gasteiger partial charge in [-0.2, -0.15) is 9.82 Å². The highest BCUT2D eigenvalue weighted by Gasteiger charge is 2.26. The molecule has 0 bridgehead atoms. The monoisotopic (exact) mass is 539 g/mol. The van der Waals surface area contributed by atoms with Gasteiger partial charge in [0.1, 0.15) is 6.04 Å². The molecule has 0 unspecified atom stereocenters. The number of halogens is 1. The van der Waals surface area contributed by atoms with E-state index in [1.54, 1.807) is 24.3 Å². The van der Waals surface area contributed by atoms with Crippen LogP contribution in [0.1, 0.15) is 38.3 Å². The molecule has 2 rings (SSSR count). The lowest BCUT2D eigenvalue weighted by Crippen LogP contribution is -2.46. The smallest absolute Gasteiger partial charge is 0.258 e. The SMILES string of the molecule is CCOc1c(Br)cc(/C=N\NC(=O)[C@@H](CC(C)C)NS(=O)(=O)c2ccc(C)cc2)cc1OC. The number of hydrogen-bond acceptors (Lipinski definition) is 6. The van der Waals surface area contributed by atoms with Crippen LogP contribution < -0.4 is 19.6 Å². The lowest BCUT2D eigenvalue weighted by atomic mass is 10.0. The second kappa shape index (κ2) is 12.2. The molecule has 10 heteroatoms. The number of carbonyl (C=O) groups is 1. The van der Waals surface area contributed by atoms with Gasteiger partial charge in [-0.15, -0.1) is 0 Å². The maximum atomic E-state index is 12.8. The number of hydrogen-bond donors (Lipinski definition) is 2. The van der Waals surface area contributed by atoms with Crippen molar-refractivity contribution in [2.45, 2.75) is 45.1 Å². The predicted octanol–water partition coefficient (Wildman–Crippen LogP) is 4.01. The Labute approximate surface area is 203 Å². The summed E-state index contributed by atoms with van der Waals surface area (Å²) in [6, 6.07) is 8.95. The lowest BCUT2D eigenvalue weighted by molar-refractivity contribution is -0.123. The molecule has 0 aliphatic heterocycles. The van der Waals surface area contributed by atoms with Crippen LogP contribution in [0.5, 0.6) is 11.5 Å². The number of amides is 1. The van der Waals surface area contributed by atoms with Gasteiger partial charge in [-0.25, -0.2) is 13.8 Å². The topological polar surface area (TPSA) is 106 Å². The normalized spacial score (nSPS) is 12.7. The fourth-order valence-corrected chi connectivity index (χ4v) is 4.78. The Morgan fingerprint density at radius 1 is 1.21 bits per heavy atom. The van der Waals surface area contributed by atoms with E-state index in [9.17, 15) is 13.2 Å². The van der Waals surface area contributed by atoms with E-state index in [-0.39, 0.29) is 10.8 Å². The lowest BCUT2D eigenvalue weighted by Gasteiger charge is -2.19. The molecule has 33 heavy (non-hydrogen) atoms. The van der Waals surface area contributed by atoms with E-state index in [4.69, 9.17) is 9.47 Å². The van der Waals surface area contributed by atoms with E-state index in [1.807, 2.05) is 27.7 Å². The summed E-state index contributed by atoms with van der Waals surface area (Å²) < 4.78 is 39.6. The van der Waals surface area contributed by atoms with E-state index in [0.29, 0.717) is 34.6 Å². The van der Waals surface area contributed by atoms with Gasteiger partial charge in [0.15, 0.2) is 11.5 Å². The standard InChI is InChI=1S/C23H30BrN3O5S/c1-6-32-22-19(24)12-17(13-21(22)31-5)14-25-26-23(28)20(11-15(2)3)27-33(29,30)18-9-7-16(4)8-10-18/h7-10,12-15,20,27H,6,11H2,1-5H3,(H,26,28)/b25-14-/t20-/m1/s1. The molecule has 0 radical (unpaired) electrons. The van der Waals surface area contributed by atoms with Crippen LogP contribution in [0, 0.1) is 12.8 Å². The number of carbonyl (C=O) groups excluding carboxylic acids is 1. The number of nitrogens with zero attached hydrogens (tertiary/aromatic N) is 1. The van der Waals surface area contributed by atoms with Crippen LogP contribution in [-0.4, -0.2) is 40.3 Å². The van der Waals surface area contributed by atoms with Gasteiger partial charge in [-0.05, 0) is 71.9 Å². The van der Waals surface area contributed by atoms with E-state index in [2.05, 4.69) is 31.2 Å². The van der Waals surface area contributed by atoms with Crippen LogP contribution in [0.2, 0.25) is 0 Å². The van der Waals surface area contributed by atoms with Crippen LogP contribution in [0.15, 0.2) is 50.9 Å². The molecule has 0 aliphatic rings. The number of sulfonamides is 1. The van der Waals surface area contributed by atoms with Crippen molar-refractivity contribution in [1.29, 1.82) is 0 Å². The fourth-order valence-electron chi connectivity index (χ4n) is 3.00. The van der Waals surface area contributed by atoms with Crippen molar-refractivity contribution < 1.29 is 22.7 Å². The summed E-state index contributed by atoms with van der Waals surface area (Å²) in [4.78, 5) is 12.9. The predicted molar refractivity (Wildman–Crippen MR) is 132 cm³/mol. The van der Waals surface area contributed by atoms with Crippen molar-refractivity contribution in [1.82, 2.24) is 10.1 Å². The minimum Gasteiger partial charge on any atom is -0.493 e. The average molecular weight is 540 g/mol. The van der Waals surface area contributed by atoms with Gasteiger partial charge < -0.3 is 9.47 Å². The Morgan fingerprint density at radius 2 is 1.88 bits per heavy atom. The summed E-state index contributed by atoms with van der Waals surface area (Å²) in [6.07, 6.45) is 1.76. The molecule has 2 aromatic rings. The molecule has 0 spiro atoms. The Hall–Kier alpha value is -2.43.